The third-order valence-electron chi connectivity index (χ3n) is 2.51. The number of halogens is 1. The molecule has 0 saturated heterocycles. The van der Waals surface area contributed by atoms with Gasteiger partial charge in [-0.05, 0) is 32.9 Å². The van der Waals surface area contributed by atoms with Gasteiger partial charge in [0.2, 0.25) is 5.91 Å². The summed E-state index contributed by atoms with van der Waals surface area (Å²) in [4.78, 5) is 25.0. The van der Waals surface area contributed by atoms with Gasteiger partial charge in [-0.15, -0.1) is 0 Å². The van der Waals surface area contributed by atoms with Gasteiger partial charge >= 0.3 is 0 Å². The van der Waals surface area contributed by atoms with Gasteiger partial charge in [0.05, 0.1) is 11.6 Å². The predicted molar refractivity (Wildman–Crippen MR) is 82.5 cm³/mol. The minimum Gasteiger partial charge on any atom is -0.482 e. The molecule has 0 radical (unpaired) electrons. The van der Waals surface area contributed by atoms with Crippen molar-refractivity contribution in [3.8, 4) is 5.75 Å². The van der Waals surface area contributed by atoms with Gasteiger partial charge in [-0.3, -0.25) is 9.59 Å². The number of likely N-dealkylation sites (N-methyl/N-ethyl adjacent to an activating group) is 1. The lowest BCUT2D eigenvalue weighted by Crippen LogP contribution is -2.47. The van der Waals surface area contributed by atoms with E-state index in [9.17, 15) is 9.59 Å². The molecule has 0 bridgehead atoms. The summed E-state index contributed by atoms with van der Waals surface area (Å²) in [5.41, 5.74) is -0.324. The van der Waals surface area contributed by atoms with Crippen LogP contribution in [0.1, 0.15) is 20.8 Å². The molecule has 0 aromatic heterocycles. The second kappa shape index (κ2) is 7.31. The number of ether oxygens (including phenoxy) is 1. The van der Waals surface area contributed by atoms with Crippen LogP contribution in [0.3, 0.4) is 0 Å². The SMILES string of the molecule is CN(CC(=O)NC(C)(C)C)C(=O)COc1ccccc1Cl. The highest BCUT2D eigenvalue weighted by Gasteiger charge is 2.18. The fourth-order valence-corrected chi connectivity index (χ4v) is 1.76. The maximum absolute atomic E-state index is 11.9. The van der Waals surface area contributed by atoms with Crippen molar-refractivity contribution in [2.75, 3.05) is 20.2 Å². The Morgan fingerprint density at radius 1 is 1.29 bits per heavy atom. The van der Waals surface area contributed by atoms with Crippen molar-refractivity contribution in [3.63, 3.8) is 0 Å². The molecular weight excluding hydrogens is 292 g/mol. The molecule has 0 spiro atoms. The number of carbonyl (C=O) groups excluding carboxylic acids is 2. The van der Waals surface area contributed by atoms with Gasteiger partial charge in [0, 0.05) is 12.6 Å². The summed E-state index contributed by atoms with van der Waals surface area (Å²) in [7, 11) is 1.56. The van der Waals surface area contributed by atoms with Crippen LogP contribution in [-0.2, 0) is 9.59 Å². The quantitative estimate of drug-likeness (QED) is 0.905. The molecule has 21 heavy (non-hydrogen) atoms. The Balaban J connectivity index is 2.45. The second-order valence-corrected chi connectivity index (χ2v) is 6.17. The summed E-state index contributed by atoms with van der Waals surface area (Å²) >= 11 is 5.93. The van der Waals surface area contributed by atoms with Crippen LogP contribution in [0.2, 0.25) is 5.02 Å². The van der Waals surface area contributed by atoms with Gasteiger partial charge in [0.25, 0.3) is 5.91 Å². The number of hydrogen-bond acceptors (Lipinski definition) is 3. The van der Waals surface area contributed by atoms with E-state index < -0.39 is 0 Å². The minimum absolute atomic E-state index is 0.0119. The van der Waals surface area contributed by atoms with E-state index in [2.05, 4.69) is 5.32 Å². The van der Waals surface area contributed by atoms with E-state index in [-0.39, 0.29) is 30.5 Å². The monoisotopic (exact) mass is 312 g/mol. The van der Waals surface area contributed by atoms with Crippen LogP contribution in [-0.4, -0.2) is 42.5 Å². The number of amides is 2. The molecule has 0 atom stereocenters. The van der Waals surface area contributed by atoms with Crippen molar-refractivity contribution in [1.82, 2.24) is 10.2 Å². The lowest BCUT2D eigenvalue weighted by atomic mass is 10.1. The van der Waals surface area contributed by atoms with E-state index in [1.807, 2.05) is 20.8 Å². The standard InChI is InChI=1S/C15H21ClN2O3/c1-15(2,3)17-13(19)9-18(4)14(20)10-21-12-8-6-5-7-11(12)16/h5-8H,9-10H2,1-4H3,(H,17,19). The molecular formula is C15H21ClN2O3. The Labute approximate surface area is 130 Å². The van der Waals surface area contributed by atoms with Crippen molar-refractivity contribution in [2.45, 2.75) is 26.3 Å². The van der Waals surface area contributed by atoms with Gasteiger partial charge < -0.3 is 15.0 Å². The molecule has 6 heteroatoms. The maximum Gasteiger partial charge on any atom is 0.260 e. The van der Waals surface area contributed by atoms with E-state index in [1.54, 1.807) is 31.3 Å². The van der Waals surface area contributed by atoms with Crippen molar-refractivity contribution in [1.29, 1.82) is 0 Å². The summed E-state index contributed by atoms with van der Waals surface area (Å²) < 4.78 is 5.35. The summed E-state index contributed by atoms with van der Waals surface area (Å²) in [6.45, 7) is 5.47. The zero-order chi connectivity index (χ0) is 16.0. The Hall–Kier alpha value is -1.75. The van der Waals surface area contributed by atoms with Gasteiger partial charge in [-0.1, -0.05) is 23.7 Å². The van der Waals surface area contributed by atoms with E-state index in [4.69, 9.17) is 16.3 Å². The number of rotatable bonds is 5. The molecule has 1 aromatic rings. The highest BCUT2D eigenvalue weighted by molar-refractivity contribution is 6.32. The van der Waals surface area contributed by atoms with Crippen LogP contribution >= 0.6 is 11.6 Å². The van der Waals surface area contributed by atoms with Gasteiger partial charge in [0.1, 0.15) is 5.75 Å². The second-order valence-electron chi connectivity index (χ2n) is 5.77. The number of benzene rings is 1. The molecule has 1 rings (SSSR count). The highest BCUT2D eigenvalue weighted by atomic mass is 35.5. The van der Waals surface area contributed by atoms with Crippen LogP contribution in [0.25, 0.3) is 0 Å². The first-order chi connectivity index (χ1) is 9.69. The van der Waals surface area contributed by atoms with Crippen LogP contribution in [0.4, 0.5) is 0 Å². The molecule has 116 valence electrons. The molecule has 0 aliphatic carbocycles. The maximum atomic E-state index is 11.9. The van der Waals surface area contributed by atoms with Crippen LogP contribution in [0.15, 0.2) is 24.3 Å². The number of para-hydroxylation sites is 1. The zero-order valence-corrected chi connectivity index (χ0v) is 13.5. The molecule has 2 amide bonds. The molecule has 0 aliphatic rings. The van der Waals surface area contributed by atoms with Crippen LogP contribution in [0, 0.1) is 0 Å². The first kappa shape index (κ1) is 17.3. The molecule has 0 heterocycles. The number of hydrogen-bond donors (Lipinski definition) is 1. The van der Waals surface area contributed by atoms with Gasteiger partial charge in [0.15, 0.2) is 6.61 Å². The highest BCUT2D eigenvalue weighted by Crippen LogP contribution is 2.22. The van der Waals surface area contributed by atoms with Crippen molar-refractivity contribution >= 4 is 23.4 Å². The topological polar surface area (TPSA) is 58.6 Å². The summed E-state index contributed by atoms with van der Waals surface area (Å²) in [6, 6.07) is 6.91. The Morgan fingerprint density at radius 3 is 2.48 bits per heavy atom. The molecule has 5 nitrogen and oxygen atoms in total. The lowest BCUT2D eigenvalue weighted by Gasteiger charge is -2.23. The molecule has 0 unspecified atom stereocenters. The van der Waals surface area contributed by atoms with E-state index in [1.165, 1.54) is 4.90 Å². The molecule has 0 fully saturated rings. The third kappa shape index (κ3) is 6.49. The Kier molecular flexibility index (Phi) is 6.03. The van der Waals surface area contributed by atoms with Gasteiger partial charge in [-0.2, -0.15) is 0 Å². The molecule has 0 saturated carbocycles. The van der Waals surface area contributed by atoms with Crippen molar-refractivity contribution in [3.05, 3.63) is 29.3 Å². The normalized spacial score (nSPS) is 10.9. The van der Waals surface area contributed by atoms with Crippen molar-refractivity contribution in [2.24, 2.45) is 0 Å². The largest absolute Gasteiger partial charge is 0.482 e. The fourth-order valence-electron chi connectivity index (χ4n) is 1.57. The Morgan fingerprint density at radius 2 is 1.90 bits per heavy atom. The van der Waals surface area contributed by atoms with Crippen LogP contribution < -0.4 is 10.1 Å². The average molecular weight is 313 g/mol. The summed E-state index contributed by atoms with van der Waals surface area (Å²) in [6.07, 6.45) is 0. The number of carbonyl (C=O) groups is 2. The number of nitrogens with one attached hydrogen (secondary N) is 1. The third-order valence-corrected chi connectivity index (χ3v) is 2.82. The average Bonchev–Trinajstić information content (AvgIpc) is 2.34. The molecule has 0 aliphatic heterocycles. The summed E-state index contributed by atoms with van der Waals surface area (Å²) in [5, 5.41) is 3.24. The van der Waals surface area contributed by atoms with Crippen LogP contribution in [0.5, 0.6) is 5.75 Å². The predicted octanol–water partition coefficient (Wildman–Crippen LogP) is 2.09. The summed E-state index contributed by atoms with van der Waals surface area (Å²) in [5.74, 6) is -0.0601. The van der Waals surface area contributed by atoms with E-state index in [0.29, 0.717) is 10.8 Å². The smallest absolute Gasteiger partial charge is 0.260 e. The first-order valence-electron chi connectivity index (χ1n) is 6.61. The Bertz CT molecular complexity index is 512. The molecule has 1 N–H and O–H groups in total. The lowest BCUT2D eigenvalue weighted by molar-refractivity contribution is -0.136. The van der Waals surface area contributed by atoms with E-state index >= 15 is 0 Å². The first-order valence-corrected chi connectivity index (χ1v) is 6.99. The van der Waals surface area contributed by atoms with E-state index in [0.717, 1.165) is 0 Å². The van der Waals surface area contributed by atoms with Crippen molar-refractivity contribution < 1.29 is 14.3 Å². The van der Waals surface area contributed by atoms with Gasteiger partial charge in [-0.25, -0.2) is 0 Å². The molecule has 1 aromatic carbocycles. The number of nitrogens with zero attached hydrogens (tertiary/aromatic N) is 1. The zero-order valence-electron chi connectivity index (χ0n) is 12.8. The minimum atomic E-state index is -0.324. The fraction of sp³-hybridized carbons (Fsp3) is 0.467.